The molecule has 90 valence electrons. The minimum Gasteiger partial charge on any atom is -0.494 e. The number of oxazole rings is 1. The number of aromatic nitrogens is 1. The molecule has 1 fully saturated rings. The van der Waals surface area contributed by atoms with Gasteiger partial charge in [-0.05, 0) is 24.8 Å². The maximum Gasteiger partial charge on any atom is 0.182 e. The quantitative estimate of drug-likeness (QED) is 0.800. The van der Waals surface area contributed by atoms with Crippen LogP contribution in [0.25, 0.3) is 11.1 Å². The third-order valence-corrected chi connectivity index (χ3v) is 3.36. The smallest absolute Gasteiger partial charge is 0.182 e. The van der Waals surface area contributed by atoms with Gasteiger partial charge in [0.05, 0.1) is 7.11 Å². The van der Waals surface area contributed by atoms with Crippen molar-refractivity contribution in [3.05, 3.63) is 24.1 Å². The Bertz CT molecular complexity index is 514. The fourth-order valence-electron chi connectivity index (χ4n) is 2.44. The molecule has 2 aromatic rings. The van der Waals surface area contributed by atoms with Gasteiger partial charge in [-0.2, -0.15) is 0 Å². The van der Waals surface area contributed by atoms with Crippen LogP contribution < -0.4 is 4.74 Å². The van der Waals surface area contributed by atoms with Crippen LogP contribution in [0.5, 0.6) is 5.75 Å². The van der Waals surface area contributed by atoms with Crippen LogP contribution in [0.1, 0.15) is 24.3 Å². The SMILES string of the molecule is COc1ccc(C2CCOCC2)c2ocnc12. The van der Waals surface area contributed by atoms with Crippen molar-refractivity contribution in [1.29, 1.82) is 0 Å². The van der Waals surface area contributed by atoms with Crippen LogP contribution in [0.2, 0.25) is 0 Å². The lowest BCUT2D eigenvalue weighted by Gasteiger charge is -2.22. The molecule has 4 heteroatoms. The summed E-state index contributed by atoms with van der Waals surface area (Å²) in [5, 5.41) is 0. The Hall–Kier alpha value is -1.55. The minimum atomic E-state index is 0.505. The van der Waals surface area contributed by atoms with E-state index in [0.717, 1.165) is 42.9 Å². The van der Waals surface area contributed by atoms with Crippen LogP contribution in [-0.2, 0) is 4.74 Å². The molecule has 1 aliphatic rings. The molecule has 1 aromatic carbocycles. The summed E-state index contributed by atoms with van der Waals surface area (Å²) in [6, 6.07) is 4.05. The van der Waals surface area contributed by atoms with E-state index in [1.54, 1.807) is 7.11 Å². The van der Waals surface area contributed by atoms with Gasteiger partial charge in [0.1, 0.15) is 5.75 Å². The lowest BCUT2D eigenvalue weighted by atomic mass is 9.91. The lowest BCUT2D eigenvalue weighted by molar-refractivity contribution is 0.0854. The Morgan fingerprint density at radius 3 is 2.88 bits per heavy atom. The predicted molar refractivity (Wildman–Crippen MR) is 63.4 cm³/mol. The second kappa shape index (κ2) is 4.37. The standard InChI is InChI=1S/C13H15NO3/c1-15-11-3-2-10(9-4-6-16-7-5-9)13-12(11)14-8-17-13/h2-3,8-9H,4-7H2,1H3. The van der Waals surface area contributed by atoms with E-state index in [0.29, 0.717) is 5.92 Å². The summed E-state index contributed by atoms with van der Waals surface area (Å²) in [6.07, 6.45) is 3.57. The van der Waals surface area contributed by atoms with Crippen molar-refractivity contribution < 1.29 is 13.9 Å². The Kier molecular flexibility index (Phi) is 2.73. The van der Waals surface area contributed by atoms with Crippen molar-refractivity contribution in [2.24, 2.45) is 0 Å². The fourth-order valence-corrected chi connectivity index (χ4v) is 2.44. The summed E-state index contributed by atoms with van der Waals surface area (Å²) in [7, 11) is 1.65. The van der Waals surface area contributed by atoms with Crippen LogP contribution in [0.3, 0.4) is 0 Å². The highest BCUT2D eigenvalue weighted by Gasteiger charge is 2.21. The van der Waals surface area contributed by atoms with Gasteiger partial charge in [0.15, 0.2) is 17.5 Å². The van der Waals surface area contributed by atoms with Crippen molar-refractivity contribution in [2.45, 2.75) is 18.8 Å². The van der Waals surface area contributed by atoms with E-state index in [-0.39, 0.29) is 0 Å². The van der Waals surface area contributed by atoms with E-state index in [2.05, 4.69) is 11.1 Å². The topological polar surface area (TPSA) is 44.5 Å². The third kappa shape index (κ3) is 1.78. The van der Waals surface area contributed by atoms with E-state index < -0.39 is 0 Å². The summed E-state index contributed by atoms with van der Waals surface area (Å²) in [5.74, 6) is 1.27. The van der Waals surface area contributed by atoms with Crippen molar-refractivity contribution in [1.82, 2.24) is 4.98 Å². The summed E-state index contributed by atoms with van der Waals surface area (Å²) in [6.45, 7) is 1.65. The van der Waals surface area contributed by atoms with Crippen molar-refractivity contribution in [3.8, 4) is 5.75 Å². The first-order valence-electron chi connectivity index (χ1n) is 5.88. The largest absolute Gasteiger partial charge is 0.494 e. The first-order chi connectivity index (χ1) is 8.40. The average Bonchev–Trinajstić information content (AvgIpc) is 2.88. The first-order valence-corrected chi connectivity index (χ1v) is 5.88. The Labute approximate surface area is 99.5 Å². The zero-order valence-corrected chi connectivity index (χ0v) is 9.81. The minimum absolute atomic E-state index is 0.505. The predicted octanol–water partition coefficient (Wildman–Crippen LogP) is 2.73. The van der Waals surface area contributed by atoms with Crippen LogP contribution in [-0.4, -0.2) is 25.3 Å². The maximum atomic E-state index is 5.51. The molecule has 0 saturated carbocycles. The zero-order chi connectivity index (χ0) is 11.7. The van der Waals surface area contributed by atoms with E-state index in [9.17, 15) is 0 Å². The molecule has 3 rings (SSSR count). The highest BCUT2D eigenvalue weighted by atomic mass is 16.5. The molecule has 0 aliphatic carbocycles. The molecule has 0 spiro atoms. The Morgan fingerprint density at radius 2 is 2.12 bits per heavy atom. The zero-order valence-electron chi connectivity index (χ0n) is 9.81. The number of benzene rings is 1. The van der Waals surface area contributed by atoms with Gasteiger partial charge >= 0.3 is 0 Å². The summed E-state index contributed by atoms with van der Waals surface area (Å²) < 4.78 is 16.2. The second-order valence-electron chi connectivity index (χ2n) is 4.27. The van der Waals surface area contributed by atoms with Gasteiger partial charge in [-0.25, -0.2) is 4.98 Å². The molecule has 0 amide bonds. The first kappa shape index (κ1) is 10.6. The van der Waals surface area contributed by atoms with Crippen molar-refractivity contribution in [3.63, 3.8) is 0 Å². The van der Waals surface area contributed by atoms with Crippen molar-refractivity contribution >= 4 is 11.1 Å². The van der Waals surface area contributed by atoms with Crippen molar-refractivity contribution in [2.75, 3.05) is 20.3 Å². The van der Waals surface area contributed by atoms with E-state index in [4.69, 9.17) is 13.9 Å². The Balaban J connectivity index is 2.07. The van der Waals surface area contributed by atoms with E-state index in [1.165, 1.54) is 12.0 Å². The molecule has 1 saturated heterocycles. The number of rotatable bonds is 2. The van der Waals surface area contributed by atoms with Crippen LogP contribution in [0.4, 0.5) is 0 Å². The van der Waals surface area contributed by atoms with Crippen LogP contribution >= 0.6 is 0 Å². The number of ether oxygens (including phenoxy) is 2. The summed E-state index contributed by atoms with van der Waals surface area (Å²) in [5.41, 5.74) is 2.90. The Morgan fingerprint density at radius 1 is 1.29 bits per heavy atom. The monoisotopic (exact) mass is 233 g/mol. The molecule has 0 bridgehead atoms. The molecule has 1 aromatic heterocycles. The molecular formula is C13H15NO3. The number of hydrogen-bond donors (Lipinski definition) is 0. The number of nitrogens with zero attached hydrogens (tertiary/aromatic N) is 1. The maximum absolute atomic E-state index is 5.51. The normalized spacial score (nSPS) is 17.5. The molecule has 4 nitrogen and oxygen atoms in total. The van der Waals surface area contributed by atoms with Gasteiger partial charge in [0.2, 0.25) is 0 Å². The molecule has 17 heavy (non-hydrogen) atoms. The van der Waals surface area contributed by atoms with Gasteiger partial charge in [-0.1, -0.05) is 6.07 Å². The van der Waals surface area contributed by atoms with Gasteiger partial charge in [0, 0.05) is 18.8 Å². The molecular weight excluding hydrogens is 218 g/mol. The third-order valence-electron chi connectivity index (χ3n) is 3.36. The molecule has 0 radical (unpaired) electrons. The average molecular weight is 233 g/mol. The number of methoxy groups -OCH3 is 1. The highest BCUT2D eigenvalue weighted by Crippen LogP contribution is 2.35. The molecule has 0 atom stereocenters. The second-order valence-corrected chi connectivity index (χ2v) is 4.27. The number of fused-ring (bicyclic) bond motifs is 1. The highest BCUT2D eigenvalue weighted by molar-refractivity contribution is 5.83. The molecule has 0 unspecified atom stereocenters. The van der Waals surface area contributed by atoms with Crippen LogP contribution in [0, 0.1) is 0 Å². The molecule has 1 aliphatic heterocycles. The lowest BCUT2D eigenvalue weighted by Crippen LogP contribution is -2.14. The number of hydrogen-bond acceptors (Lipinski definition) is 4. The van der Waals surface area contributed by atoms with Gasteiger partial charge in [-0.15, -0.1) is 0 Å². The van der Waals surface area contributed by atoms with Gasteiger partial charge < -0.3 is 13.9 Å². The molecule has 2 heterocycles. The summed E-state index contributed by atoms with van der Waals surface area (Å²) >= 11 is 0. The van der Waals surface area contributed by atoms with E-state index >= 15 is 0 Å². The fraction of sp³-hybridized carbons (Fsp3) is 0.462. The van der Waals surface area contributed by atoms with E-state index in [1.807, 2.05) is 6.07 Å². The van der Waals surface area contributed by atoms with Gasteiger partial charge in [0.25, 0.3) is 0 Å². The molecule has 0 N–H and O–H groups in total. The summed E-state index contributed by atoms with van der Waals surface area (Å²) in [4.78, 5) is 4.22. The van der Waals surface area contributed by atoms with Gasteiger partial charge in [-0.3, -0.25) is 0 Å². The van der Waals surface area contributed by atoms with Crippen LogP contribution in [0.15, 0.2) is 22.9 Å².